The third kappa shape index (κ3) is 4.23. The molecule has 0 spiro atoms. The lowest BCUT2D eigenvalue weighted by atomic mass is 10.0. The molecule has 7 heteroatoms. The molecule has 0 saturated carbocycles. The van der Waals surface area contributed by atoms with E-state index in [1.807, 2.05) is 89.7 Å². The molecular weight excluding hydrogens is 403 g/mol. The molecule has 0 unspecified atom stereocenters. The second kappa shape index (κ2) is 8.63. The van der Waals surface area contributed by atoms with Gasteiger partial charge in [-0.3, -0.25) is 0 Å². The molecule has 0 aliphatic carbocycles. The van der Waals surface area contributed by atoms with Crippen molar-refractivity contribution in [2.75, 3.05) is 6.54 Å². The fourth-order valence-corrected chi connectivity index (χ4v) is 3.68. The molecule has 0 fully saturated rings. The van der Waals surface area contributed by atoms with Gasteiger partial charge < -0.3 is 18.8 Å². The number of esters is 2. The van der Waals surface area contributed by atoms with Crippen molar-refractivity contribution in [3.05, 3.63) is 113 Å². The van der Waals surface area contributed by atoms with Gasteiger partial charge in [0.05, 0.1) is 11.1 Å². The van der Waals surface area contributed by atoms with Crippen molar-refractivity contribution in [3.63, 3.8) is 0 Å². The van der Waals surface area contributed by atoms with Crippen molar-refractivity contribution in [2.24, 2.45) is 0 Å². The third-order valence-corrected chi connectivity index (χ3v) is 5.36. The molecule has 157 valence electrons. The molecule has 2 aliphatic rings. The van der Waals surface area contributed by atoms with Crippen molar-refractivity contribution in [3.8, 4) is 0 Å². The highest BCUT2D eigenvalue weighted by atomic mass is 16.5. The van der Waals surface area contributed by atoms with Gasteiger partial charge in [-0.2, -0.15) is 0 Å². The minimum atomic E-state index is -0.372. The monoisotopic (exact) mass is 423 g/mol. The molecule has 0 N–H and O–H groups in total. The van der Waals surface area contributed by atoms with Crippen LogP contribution in [0.1, 0.15) is 27.2 Å². The molecule has 1 aromatic heterocycles. The smallest absolute Gasteiger partial charge is 0.396 e. The minimum Gasteiger partial charge on any atom is -0.457 e. The number of rotatable bonds is 6. The van der Waals surface area contributed by atoms with E-state index in [2.05, 4.69) is 0 Å². The van der Waals surface area contributed by atoms with Crippen molar-refractivity contribution in [1.29, 1.82) is 0 Å². The lowest BCUT2D eigenvalue weighted by Crippen LogP contribution is -2.33. The summed E-state index contributed by atoms with van der Waals surface area (Å²) in [6.07, 6.45) is 5.50. The Bertz CT molecular complexity index is 1220. The van der Waals surface area contributed by atoms with E-state index in [0.29, 0.717) is 17.7 Å². The van der Waals surface area contributed by atoms with Crippen LogP contribution in [0.2, 0.25) is 0 Å². The van der Waals surface area contributed by atoms with Gasteiger partial charge in [0.15, 0.2) is 0 Å². The first-order valence-corrected chi connectivity index (χ1v) is 10.3. The number of hydrogen-bond donors (Lipinski definition) is 0. The van der Waals surface area contributed by atoms with Gasteiger partial charge in [-0.25, -0.2) is 9.59 Å². The summed E-state index contributed by atoms with van der Waals surface area (Å²) in [5.74, 6) is -0.698. The van der Waals surface area contributed by atoms with Crippen LogP contribution in [0.5, 0.6) is 0 Å². The predicted octanol–water partition coefficient (Wildman–Crippen LogP) is 3.57. The molecule has 0 bridgehead atoms. The molecule has 1 radical (unpaired) electrons. The van der Waals surface area contributed by atoms with Crippen LogP contribution in [0.15, 0.2) is 90.3 Å². The Labute approximate surface area is 186 Å². The highest BCUT2D eigenvalue weighted by Gasteiger charge is 2.29. The minimum absolute atomic E-state index is 0.230. The Morgan fingerprint density at radius 2 is 1.47 bits per heavy atom. The number of carbonyl (C=O) groups is 2. The fraction of sp³-hybridized carbons (Fsp3) is 0.120. The first-order chi connectivity index (χ1) is 15.7. The Morgan fingerprint density at radius 3 is 2.12 bits per heavy atom. The number of aromatic nitrogens is 1. The molecule has 0 amide bonds. The molecule has 0 saturated heterocycles. The van der Waals surface area contributed by atoms with E-state index in [1.165, 1.54) is 0 Å². The highest BCUT2D eigenvalue weighted by Crippen LogP contribution is 2.27. The third-order valence-electron chi connectivity index (χ3n) is 5.36. The molecule has 32 heavy (non-hydrogen) atoms. The van der Waals surface area contributed by atoms with Crippen molar-refractivity contribution in [2.45, 2.75) is 13.2 Å². The van der Waals surface area contributed by atoms with Gasteiger partial charge in [0, 0.05) is 24.1 Å². The lowest BCUT2D eigenvalue weighted by Gasteiger charge is -2.24. The largest absolute Gasteiger partial charge is 0.457 e. The second-order valence-electron chi connectivity index (χ2n) is 7.67. The molecule has 6 nitrogen and oxygen atoms in total. The Hall–Kier alpha value is -4.00. The summed E-state index contributed by atoms with van der Waals surface area (Å²) in [6, 6.07) is 21.0. The molecular formula is C25H20BN2O4. The van der Waals surface area contributed by atoms with Crippen LogP contribution in [-0.2, 0) is 27.5 Å². The van der Waals surface area contributed by atoms with Crippen molar-refractivity contribution in [1.82, 2.24) is 9.29 Å². The maximum absolute atomic E-state index is 12.5. The second-order valence-corrected chi connectivity index (χ2v) is 7.67. The van der Waals surface area contributed by atoms with E-state index in [-0.39, 0.29) is 25.2 Å². The molecule has 3 heterocycles. The zero-order valence-electron chi connectivity index (χ0n) is 17.3. The summed E-state index contributed by atoms with van der Waals surface area (Å²) >= 11 is 0. The van der Waals surface area contributed by atoms with Crippen LogP contribution in [0.4, 0.5) is 0 Å². The summed E-state index contributed by atoms with van der Waals surface area (Å²) in [5.41, 5.74) is 4.69. The van der Waals surface area contributed by atoms with Crippen LogP contribution in [0.25, 0.3) is 6.08 Å². The fourth-order valence-electron chi connectivity index (χ4n) is 3.68. The predicted molar refractivity (Wildman–Crippen MR) is 120 cm³/mol. The first-order valence-electron chi connectivity index (χ1n) is 10.3. The molecule has 0 atom stereocenters. The van der Waals surface area contributed by atoms with E-state index >= 15 is 0 Å². The van der Waals surface area contributed by atoms with Crippen LogP contribution >= 0.6 is 0 Å². The number of hydrogen-bond acceptors (Lipinski definition) is 5. The van der Waals surface area contributed by atoms with E-state index in [4.69, 9.17) is 9.47 Å². The van der Waals surface area contributed by atoms with Crippen molar-refractivity contribution >= 4 is 25.6 Å². The Kier molecular flexibility index (Phi) is 5.38. The molecule has 2 aliphatic heterocycles. The molecule has 2 aromatic carbocycles. The number of ether oxygens (including phenoxy) is 2. The standard InChI is InChI=1S/C25H20BN2O4/c29-24(31-16-18-7-3-1-4-8-18)20-11-22-13-23-12-21(15-28(23)26-27(22)14-20)25(30)32-17-19-9-5-2-6-10-19/h1-14H,15-17H2. The van der Waals surface area contributed by atoms with Gasteiger partial charge in [-0.15, -0.1) is 0 Å². The maximum Gasteiger partial charge on any atom is 0.396 e. The zero-order valence-corrected chi connectivity index (χ0v) is 17.3. The van der Waals surface area contributed by atoms with E-state index in [0.717, 1.165) is 22.5 Å². The van der Waals surface area contributed by atoms with Gasteiger partial charge in [-0.05, 0) is 29.3 Å². The number of fused-ring (bicyclic) bond motifs is 2. The number of benzene rings is 2. The van der Waals surface area contributed by atoms with E-state index in [9.17, 15) is 9.59 Å². The maximum atomic E-state index is 12.5. The highest BCUT2D eigenvalue weighted by molar-refractivity contribution is 6.33. The average molecular weight is 423 g/mol. The molecule has 5 rings (SSSR count). The summed E-state index contributed by atoms with van der Waals surface area (Å²) in [5, 5.41) is 0. The summed E-state index contributed by atoms with van der Waals surface area (Å²) < 4.78 is 12.7. The van der Waals surface area contributed by atoms with Crippen LogP contribution < -0.4 is 0 Å². The van der Waals surface area contributed by atoms with Crippen molar-refractivity contribution < 1.29 is 19.1 Å². The normalized spacial score (nSPS) is 13.9. The average Bonchev–Trinajstić information content (AvgIpc) is 3.44. The van der Waals surface area contributed by atoms with E-state index in [1.54, 1.807) is 12.3 Å². The lowest BCUT2D eigenvalue weighted by molar-refractivity contribution is -0.140. The van der Waals surface area contributed by atoms with Crippen LogP contribution in [0.3, 0.4) is 0 Å². The Balaban J connectivity index is 1.23. The number of nitrogens with zero attached hydrogens (tertiary/aromatic N) is 2. The summed E-state index contributed by atoms with van der Waals surface area (Å²) in [4.78, 5) is 26.9. The Morgan fingerprint density at radius 1 is 0.844 bits per heavy atom. The van der Waals surface area contributed by atoms with E-state index < -0.39 is 0 Å². The quantitative estimate of drug-likeness (QED) is 0.448. The SMILES string of the molecule is O=C(OCc1ccccc1)C1=CC2=Cc3cc(C(=O)OCc4ccccc4)cn3[B]N2C1. The number of carbonyl (C=O) groups excluding carboxylic acids is 2. The molecule has 3 aromatic rings. The van der Waals surface area contributed by atoms with Gasteiger partial charge >= 0.3 is 19.5 Å². The van der Waals surface area contributed by atoms with Crippen LogP contribution in [-0.4, -0.2) is 35.3 Å². The van der Waals surface area contributed by atoms with Crippen LogP contribution in [0, 0.1) is 0 Å². The van der Waals surface area contributed by atoms with Gasteiger partial charge in [-0.1, -0.05) is 60.7 Å². The first kappa shape index (κ1) is 19.9. The topological polar surface area (TPSA) is 60.8 Å². The van der Waals surface area contributed by atoms with Gasteiger partial charge in [0.25, 0.3) is 0 Å². The summed E-state index contributed by atoms with van der Waals surface area (Å²) in [7, 11) is 1.87. The van der Waals surface area contributed by atoms with Gasteiger partial charge in [0.2, 0.25) is 0 Å². The van der Waals surface area contributed by atoms with Gasteiger partial charge in [0.1, 0.15) is 13.2 Å². The zero-order chi connectivity index (χ0) is 21.9. The summed E-state index contributed by atoms with van der Waals surface area (Å²) in [6.45, 7) is 0.896. The number of allylic oxidation sites excluding steroid dienone is 1.